The molecule has 1 aliphatic rings. The van der Waals surface area contributed by atoms with Crippen LogP contribution in [0.15, 0.2) is 17.7 Å². The summed E-state index contributed by atoms with van der Waals surface area (Å²) < 4.78 is 14.1. The van der Waals surface area contributed by atoms with Crippen LogP contribution in [0.4, 0.5) is 4.39 Å². The van der Waals surface area contributed by atoms with Crippen LogP contribution in [-0.4, -0.2) is 0 Å². The monoisotopic (exact) mass is 246 g/mol. The Hall–Kier alpha value is -1.11. The molecule has 0 bridgehead atoms. The average molecular weight is 246 g/mol. The van der Waals surface area contributed by atoms with Crippen LogP contribution in [0, 0.1) is 11.2 Å². The van der Waals surface area contributed by atoms with Gasteiger partial charge in [0.2, 0.25) is 0 Å². The van der Waals surface area contributed by atoms with Gasteiger partial charge in [-0.1, -0.05) is 53.2 Å². The summed E-state index contributed by atoms with van der Waals surface area (Å²) in [6.07, 6.45) is 3.13. The van der Waals surface area contributed by atoms with E-state index in [-0.39, 0.29) is 16.6 Å². The van der Waals surface area contributed by atoms with Gasteiger partial charge in [-0.2, -0.15) is 0 Å². The van der Waals surface area contributed by atoms with Crippen LogP contribution in [0.1, 0.15) is 58.2 Å². The van der Waals surface area contributed by atoms with Gasteiger partial charge in [0.1, 0.15) is 5.82 Å². The number of benzene rings is 1. The second-order valence-electron chi connectivity index (χ2n) is 7.38. The van der Waals surface area contributed by atoms with Crippen LogP contribution >= 0.6 is 0 Å². The number of hydrogen-bond acceptors (Lipinski definition) is 0. The summed E-state index contributed by atoms with van der Waals surface area (Å²) in [6.45, 7) is 12.8. The summed E-state index contributed by atoms with van der Waals surface area (Å²) in [5.74, 6) is -0.0650. The molecule has 0 aromatic heterocycles. The van der Waals surface area contributed by atoms with E-state index < -0.39 is 0 Å². The molecule has 1 aromatic carbocycles. The summed E-state index contributed by atoms with van der Waals surface area (Å²) in [5, 5.41) is 0. The van der Waals surface area contributed by atoms with E-state index in [2.05, 4.69) is 47.6 Å². The second-order valence-corrected chi connectivity index (χ2v) is 7.38. The van der Waals surface area contributed by atoms with E-state index in [0.717, 1.165) is 17.5 Å². The van der Waals surface area contributed by atoms with Gasteiger partial charge in [0.25, 0.3) is 0 Å². The lowest BCUT2D eigenvalue weighted by atomic mass is 9.84. The first-order chi connectivity index (χ1) is 8.09. The number of halogens is 1. The van der Waals surface area contributed by atoms with Crippen molar-refractivity contribution in [3.8, 4) is 0 Å². The maximum Gasteiger partial charge on any atom is 0.127 e. The molecular formula is C17H23F. The fraction of sp³-hybridized carbons (Fsp3) is 0.529. The average Bonchev–Trinajstić information content (AvgIpc) is 2.56. The van der Waals surface area contributed by atoms with Crippen molar-refractivity contribution in [1.82, 2.24) is 0 Å². The predicted octanol–water partition coefficient (Wildman–Crippen LogP) is 5.11. The maximum atomic E-state index is 14.1. The lowest BCUT2D eigenvalue weighted by molar-refractivity contribution is 0.497. The van der Waals surface area contributed by atoms with Crippen LogP contribution in [0.2, 0.25) is 0 Å². The lowest BCUT2D eigenvalue weighted by Crippen LogP contribution is -2.14. The van der Waals surface area contributed by atoms with Crippen LogP contribution < -0.4 is 0 Å². The molecule has 0 nitrogen and oxygen atoms in total. The van der Waals surface area contributed by atoms with Crippen LogP contribution in [-0.2, 0) is 11.8 Å². The fourth-order valence-electron chi connectivity index (χ4n) is 2.42. The molecular weight excluding hydrogens is 223 g/mol. The van der Waals surface area contributed by atoms with Crippen LogP contribution in [0.3, 0.4) is 0 Å². The molecule has 0 fully saturated rings. The zero-order chi connectivity index (χ0) is 13.7. The highest BCUT2D eigenvalue weighted by atomic mass is 19.1. The van der Waals surface area contributed by atoms with E-state index in [4.69, 9.17) is 0 Å². The third-order valence-corrected chi connectivity index (χ3v) is 3.71. The van der Waals surface area contributed by atoms with E-state index in [0.29, 0.717) is 0 Å². The molecule has 18 heavy (non-hydrogen) atoms. The van der Waals surface area contributed by atoms with E-state index in [1.165, 1.54) is 11.1 Å². The minimum atomic E-state index is -0.141. The van der Waals surface area contributed by atoms with Gasteiger partial charge < -0.3 is 0 Å². The first kappa shape index (κ1) is 13.3. The zero-order valence-electron chi connectivity index (χ0n) is 12.3. The molecule has 0 unspecified atom stereocenters. The molecule has 1 heteroatoms. The molecule has 0 radical (unpaired) electrons. The fourth-order valence-corrected chi connectivity index (χ4v) is 2.42. The smallest absolute Gasteiger partial charge is 0.127 e. The molecule has 2 rings (SSSR count). The number of rotatable bonds is 0. The summed E-state index contributed by atoms with van der Waals surface area (Å²) in [5.41, 5.74) is 4.56. The normalized spacial score (nSPS) is 15.6. The minimum absolute atomic E-state index is 0.0650. The molecule has 1 aliphatic carbocycles. The highest BCUT2D eigenvalue weighted by Gasteiger charge is 2.26. The standard InChI is InChI=1S/C17H23F/c1-16(2,3)13-7-11-9-14(17(4,5)6)15(18)10-12(11)8-13/h7,9-10H,8H2,1-6H3. The van der Waals surface area contributed by atoms with Crippen molar-refractivity contribution in [2.75, 3.05) is 0 Å². The molecule has 98 valence electrons. The quantitative estimate of drug-likeness (QED) is 0.597. The summed E-state index contributed by atoms with van der Waals surface area (Å²) in [6, 6.07) is 3.76. The largest absolute Gasteiger partial charge is 0.207 e. The Kier molecular flexibility index (Phi) is 2.92. The van der Waals surface area contributed by atoms with Gasteiger partial charge in [0.15, 0.2) is 0 Å². The van der Waals surface area contributed by atoms with Crippen molar-refractivity contribution in [2.45, 2.75) is 53.4 Å². The van der Waals surface area contributed by atoms with Gasteiger partial charge in [0.05, 0.1) is 0 Å². The Bertz CT molecular complexity index is 508. The zero-order valence-corrected chi connectivity index (χ0v) is 12.3. The Labute approximate surface area is 110 Å². The molecule has 0 N–H and O–H groups in total. The summed E-state index contributed by atoms with van der Waals surface area (Å²) in [4.78, 5) is 0. The third kappa shape index (κ3) is 2.36. The minimum Gasteiger partial charge on any atom is -0.207 e. The lowest BCUT2D eigenvalue weighted by Gasteiger charge is -2.21. The summed E-state index contributed by atoms with van der Waals surface area (Å²) >= 11 is 0. The van der Waals surface area contributed by atoms with Gasteiger partial charge in [-0.3, -0.25) is 0 Å². The van der Waals surface area contributed by atoms with E-state index in [1.807, 2.05) is 6.07 Å². The molecule has 0 saturated heterocycles. The van der Waals surface area contributed by atoms with Crippen LogP contribution in [0.25, 0.3) is 6.08 Å². The van der Waals surface area contributed by atoms with E-state index in [9.17, 15) is 4.39 Å². The van der Waals surface area contributed by atoms with E-state index in [1.54, 1.807) is 6.07 Å². The van der Waals surface area contributed by atoms with E-state index >= 15 is 0 Å². The topological polar surface area (TPSA) is 0 Å². The molecule has 1 aromatic rings. The van der Waals surface area contributed by atoms with Gasteiger partial charge in [-0.05, 0) is 46.1 Å². The molecule has 0 atom stereocenters. The first-order valence-electron chi connectivity index (χ1n) is 6.63. The molecule has 0 spiro atoms. The first-order valence-corrected chi connectivity index (χ1v) is 6.63. The number of fused-ring (bicyclic) bond motifs is 1. The summed E-state index contributed by atoms with van der Waals surface area (Å²) in [7, 11) is 0. The van der Waals surface area contributed by atoms with Gasteiger partial charge in [-0.15, -0.1) is 0 Å². The number of hydrogen-bond donors (Lipinski definition) is 0. The van der Waals surface area contributed by atoms with Gasteiger partial charge in [0, 0.05) is 0 Å². The third-order valence-electron chi connectivity index (χ3n) is 3.71. The Morgan fingerprint density at radius 3 is 2.06 bits per heavy atom. The van der Waals surface area contributed by atoms with Gasteiger partial charge in [-0.25, -0.2) is 4.39 Å². The van der Waals surface area contributed by atoms with Crippen molar-refractivity contribution < 1.29 is 4.39 Å². The van der Waals surface area contributed by atoms with Crippen molar-refractivity contribution >= 4 is 6.08 Å². The van der Waals surface area contributed by atoms with Crippen molar-refractivity contribution in [3.05, 3.63) is 40.2 Å². The molecule has 0 heterocycles. The Morgan fingerprint density at radius 1 is 0.944 bits per heavy atom. The predicted molar refractivity (Wildman–Crippen MR) is 76.2 cm³/mol. The van der Waals surface area contributed by atoms with Crippen molar-refractivity contribution in [3.63, 3.8) is 0 Å². The second kappa shape index (κ2) is 3.94. The Morgan fingerprint density at radius 2 is 1.56 bits per heavy atom. The molecule has 0 aliphatic heterocycles. The van der Waals surface area contributed by atoms with Gasteiger partial charge >= 0.3 is 0 Å². The van der Waals surface area contributed by atoms with Crippen molar-refractivity contribution in [2.24, 2.45) is 5.41 Å². The molecule has 0 amide bonds. The van der Waals surface area contributed by atoms with Crippen molar-refractivity contribution in [1.29, 1.82) is 0 Å². The maximum absolute atomic E-state index is 14.1. The highest BCUT2D eigenvalue weighted by molar-refractivity contribution is 5.66. The van der Waals surface area contributed by atoms with Crippen LogP contribution in [0.5, 0.6) is 0 Å². The number of allylic oxidation sites excluding steroid dienone is 1. The molecule has 0 saturated carbocycles. The Balaban J connectivity index is 2.49. The SMILES string of the molecule is CC(C)(C)C1=Cc2cc(C(C)(C)C)c(F)cc2C1. The highest BCUT2D eigenvalue weighted by Crippen LogP contribution is 2.38.